The summed E-state index contributed by atoms with van der Waals surface area (Å²) in [5.74, 6) is -1.82. The summed E-state index contributed by atoms with van der Waals surface area (Å²) in [6, 6.07) is 3.42. The summed E-state index contributed by atoms with van der Waals surface area (Å²) in [4.78, 5) is 49.8. The van der Waals surface area contributed by atoms with Gasteiger partial charge in [-0.2, -0.15) is 0 Å². The number of fused-ring (bicyclic) bond motifs is 2. The lowest BCUT2D eigenvalue weighted by molar-refractivity contribution is -0.159. The Morgan fingerprint density at radius 3 is 2.75 bits per heavy atom. The molecule has 1 aromatic rings. The van der Waals surface area contributed by atoms with E-state index in [1.54, 1.807) is 32.0 Å². The first-order valence-electron chi connectivity index (χ1n) is 9.15. The minimum atomic E-state index is -1.04. The van der Waals surface area contributed by atoms with Crippen molar-refractivity contribution < 1.29 is 24.3 Å². The van der Waals surface area contributed by atoms with Crippen LogP contribution in [0.3, 0.4) is 0 Å². The highest BCUT2D eigenvalue weighted by atomic mass is 32.2. The van der Waals surface area contributed by atoms with Crippen molar-refractivity contribution in [2.75, 3.05) is 5.32 Å². The number of rotatable bonds is 3. The monoisotopic (exact) mass is 403 g/mol. The number of β-lactam (4-membered cyclic amide) rings is 1. The van der Waals surface area contributed by atoms with E-state index in [9.17, 15) is 24.3 Å². The van der Waals surface area contributed by atoms with E-state index in [-0.39, 0.29) is 23.1 Å². The first-order valence-corrected chi connectivity index (χ1v) is 10.0. The smallest absolute Gasteiger partial charge is 0.327 e. The molecule has 3 aliphatic heterocycles. The fourth-order valence-corrected chi connectivity index (χ4v) is 5.71. The number of aryl methyl sites for hydroxylation is 1. The highest BCUT2D eigenvalue weighted by Gasteiger charge is 2.64. The lowest BCUT2D eigenvalue weighted by Gasteiger charge is -2.43. The number of carbonyl (C=O) groups excluding carboxylic acids is 3. The van der Waals surface area contributed by atoms with E-state index < -0.39 is 22.8 Å². The van der Waals surface area contributed by atoms with Crippen molar-refractivity contribution in [1.29, 1.82) is 0 Å². The standard InChI is InChI=1S/C19H21N3O5S/c1-19(2)14(18(26)27)22-16(25)13(17(22)28-19)21-15(24)10-6-7-11-9(8-10)4-3-5-12(23)20-11/h6-8,13-14,17H,3-5H2,1-2H3,(H,20,23)(H,21,24)(H,26,27)/t13-,14+,17-/m1/s1. The van der Waals surface area contributed by atoms with Crippen LogP contribution in [0.4, 0.5) is 5.69 Å². The van der Waals surface area contributed by atoms with Crippen LogP contribution in [0.1, 0.15) is 42.6 Å². The molecule has 3 amide bonds. The van der Waals surface area contributed by atoms with Crippen LogP contribution in [-0.4, -0.2) is 55.9 Å². The van der Waals surface area contributed by atoms with Crippen molar-refractivity contribution in [1.82, 2.24) is 10.2 Å². The highest BCUT2D eigenvalue weighted by molar-refractivity contribution is 8.01. The number of carboxylic acid groups (broad SMARTS) is 1. The van der Waals surface area contributed by atoms with Gasteiger partial charge in [-0.1, -0.05) is 0 Å². The van der Waals surface area contributed by atoms with E-state index >= 15 is 0 Å². The maximum absolute atomic E-state index is 12.7. The van der Waals surface area contributed by atoms with Gasteiger partial charge in [0.1, 0.15) is 17.5 Å². The summed E-state index contributed by atoms with van der Waals surface area (Å²) in [5.41, 5.74) is 2.02. The molecule has 3 atom stereocenters. The topological polar surface area (TPSA) is 116 Å². The Balaban J connectivity index is 1.50. The van der Waals surface area contributed by atoms with Gasteiger partial charge in [-0.05, 0) is 50.5 Å². The summed E-state index contributed by atoms with van der Waals surface area (Å²) in [5, 5.41) is 14.7. The van der Waals surface area contributed by atoms with Crippen molar-refractivity contribution in [2.24, 2.45) is 0 Å². The van der Waals surface area contributed by atoms with E-state index in [0.29, 0.717) is 30.5 Å². The number of carbonyl (C=O) groups is 4. The summed E-state index contributed by atoms with van der Waals surface area (Å²) in [6.07, 6.45) is 1.85. The van der Waals surface area contributed by atoms with E-state index in [1.165, 1.54) is 16.7 Å². The first-order chi connectivity index (χ1) is 13.2. The Morgan fingerprint density at radius 1 is 1.29 bits per heavy atom. The average Bonchev–Trinajstić information content (AvgIpc) is 2.74. The number of hydrogen-bond acceptors (Lipinski definition) is 5. The molecule has 0 aliphatic carbocycles. The zero-order valence-electron chi connectivity index (χ0n) is 15.5. The van der Waals surface area contributed by atoms with Gasteiger partial charge in [0.05, 0.1) is 0 Å². The third-order valence-corrected chi connectivity index (χ3v) is 7.02. The number of hydrogen-bond donors (Lipinski definition) is 3. The Labute approximate surface area is 166 Å². The molecule has 4 rings (SSSR count). The van der Waals surface area contributed by atoms with Crippen molar-refractivity contribution in [3.05, 3.63) is 29.3 Å². The second kappa shape index (κ2) is 6.51. The predicted molar refractivity (Wildman–Crippen MR) is 103 cm³/mol. The molecular weight excluding hydrogens is 382 g/mol. The third-order valence-electron chi connectivity index (χ3n) is 5.45. The second-order valence-corrected chi connectivity index (χ2v) is 9.59. The molecule has 1 aromatic carbocycles. The Morgan fingerprint density at radius 2 is 2.04 bits per heavy atom. The zero-order chi connectivity index (χ0) is 20.2. The summed E-state index contributed by atoms with van der Waals surface area (Å²) < 4.78 is -0.631. The number of benzene rings is 1. The van der Waals surface area contributed by atoms with Gasteiger partial charge in [0, 0.05) is 22.4 Å². The third kappa shape index (κ3) is 2.94. The van der Waals surface area contributed by atoms with Crippen LogP contribution in [0.15, 0.2) is 18.2 Å². The quantitative estimate of drug-likeness (QED) is 0.654. The van der Waals surface area contributed by atoms with Crippen molar-refractivity contribution >= 4 is 41.1 Å². The highest BCUT2D eigenvalue weighted by Crippen LogP contribution is 2.50. The number of thioether (sulfide) groups is 1. The molecule has 2 fully saturated rings. The van der Waals surface area contributed by atoms with Gasteiger partial charge in [-0.3, -0.25) is 14.4 Å². The van der Waals surface area contributed by atoms with Crippen molar-refractivity contribution in [3.8, 4) is 0 Å². The van der Waals surface area contributed by atoms with Gasteiger partial charge in [-0.25, -0.2) is 4.79 Å². The molecule has 0 spiro atoms. The molecule has 0 unspecified atom stereocenters. The largest absolute Gasteiger partial charge is 0.480 e. The molecule has 2 saturated heterocycles. The van der Waals surface area contributed by atoms with Gasteiger partial charge in [-0.15, -0.1) is 11.8 Å². The van der Waals surface area contributed by atoms with Crippen LogP contribution < -0.4 is 10.6 Å². The molecule has 148 valence electrons. The number of aliphatic carboxylic acids is 1. The molecule has 3 heterocycles. The van der Waals surface area contributed by atoms with Gasteiger partial charge in [0.2, 0.25) is 11.8 Å². The van der Waals surface area contributed by atoms with Gasteiger partial charge in [0.25, 0.3) is 5.91 Å². The lowest BCUT2D eigenvalue weighted by atomic mass is 9.96. The van der Waals surface area contributed by atoms with Gasteiger partial charge in [0.15, 0.2) is 0 Å². The molecule has 0 saturated carbocycles. The normalized spacial score (nSPS) is 27.8. The number of carboxylic acids is 1. The van der Waals surface area contributed by atoms with E-state index in [1.807, 2.05) is 0 Å². The maximum atomic E-state index is 12.7. The fraction of sp³-hybridized carbons (Fsp3) is 0.474. The van der Waals surface area contributed by atoms with Crippen LogP contribution in [-0.2, 0) is 20.8 Å². The number of nitrogens with zero attached hydrogens (tertiary/aromatic N) is 1. The van der Waals surface area contributed by atoms with E-state index in [2.05, 4.69) is 10.6 Å². The molecule has 9 heteroatoms. The van der Waals surface area contributed by atoms with Crippen LogP contribution in [0.25, 0.3) is 0 Å². The van der Waals surface area contributed by atoms with E-state index in [0.717, 1.165) is 5.56 Å². The summed E-state index contributed by atoms with van der Waals surface area (Å²) in [7, 11) is 0. The van der Waals surface area contributed by atoms with Gasteiger partial charge < -0.3 is 20.6 Å². The molecule has 28 heavy (non-hydrogen) atoms. The minimum Gasteiger partial charge on any atom is -0.480 e. The summed E-state index contributed by atoms with van der Waals surface area (Å²) >= 11 is 1.39. The maximum Gasteiger partial charge on any atom is 0.327 e. The molecule has 0 bridgehead atoms. The Kier molecular flexibility index (Phi) is 4.37. The number of nitrogens with one attached hydrogen (secondary N) is 2. The molecule has 8 nitrogen and oxygen atoms in total. The fourth-order valence-electron chi connectivity index (χ4n) is 4.09. The van der Waals surface area contributed by atoms with Crippen LogP contribution in [0.2, 0.25) is 0 Å². The second-order valence-electron chi connectivity index (χ2n) is 7.82. The average molecular weight is 403 g/mol. The molecule has 3 aliphatic rings. The lowest BCUT2D eigenvalue weighted by Crippen LogP contribution is -2.70. The molecule has 0 radical (unpaired) electrons. The molecular formula is C19H21N3O5S. The number of anilines is 1. The minimum absolute atomic E-state index is 0.0371. The number of amides is 3. The zero-order valence-corrected chi connectivity index (χ0v) is 16.3. The molecule has 0 aromatic heterocycles. The molecule has 3 N–H and O–H groups in total. The summed E-state index contributed by atoms with van der Waals surface area (Å²) in [6.45, 7) is 3.59. The SMILES string of the molecule is CC1(C)S[C@@H]2[C@H](NC(=O)c3ccc4c(c3)CCCC(=O)N4)C(=O)N2[C@H]1C(=O)O. The Bertz CT molecular complexity index is 900. The van der Waals surface area contributed by atoms with Crippen LogP contribution >= 0.6 is 11.8 Å². The van der Waals surface area contributed by atoms with Crippen LogP contribution in [0.5, 0.6) is 0 Å². The van der Waals surface area contributed by atoms with Crippen molar-refractivity contribution in [3.63, 3.8) is 0 Å². The Hall–Kier alpha value is -2.55. The van der Waals surface area contributed by atoms with Gasteiger partial charge >= 0.3 is 5.97 Å². The predicted octanol–water partition coefficient (Wildman–Crippen LogP) is 1.21. The van der Waals surface area contributed by atoms with E-state index in [4.69, 9.17) is 0 Å². The van der Waals surface area contributed by atoms with Crippen LogP contribution in [0, 0.1) is 0 Å². The first kappa shape index (κ1) is 18.8. The van der Waals surface area contributed by atoms with Crippen molar-refractivity contribution in [2.45, 2.75) is 55.3 Å².